The minimum atomic E-state index is -0.149. The van der Waals surface area contributed by atoms with Gasteiger partial charge in [-0.3, -0.25) is 0 Å². The second kappa shape index (κ2) is 8.14. The average Bonchev–Trinajstić information content (AvgIpc) is 1.89. The second-order valence-electron chi connectivity index (χ2n) is 2.01. The largest absolute Gasteiger partial charge is 0.424 e. The summed E-state index contributed by atoms with van der Waals surface area (Å²) in [5.41, 5.74) is 0. The van der Waals surface area contributed by atoms with Crippen molar-refractivity contribution in [2.75, 3.05) is 20.2 Å². The molecule has 0 aliphatic carbocycles. The standard InChI is InChI=1S/C6H17NOSi/c1-3-8-9-6-4-5-7-2/h7H,3-6,9H2,1-2H3. The van der Waals surface area contributed by atoms with Crippen molar-refractivity contribution in [1.29, 1.82) is 0 Å². The van der Waals surface area contributed by atoms with E-state index in [1.54, 1.807) is 0 Å². The summed E-state index contributed by atoms with van der Waals surface area (Å²) in [6, 6.07) is 1.31. The van der Waals surface area contributed by atoms with E-state index < -0.39 is 0 Å². The third kappa shape index (κ3) is 8.14. The van der Waals surface area contributed by atoms with E-state index in [-0.39, 0.29) is 9.76 Å². The summed E-state index contributed by atoms with van der Waals surface area (Å²) in [5, 5.41) is 3.11. The molecule has 0 bridgehead atoms. The van der Waals surface area contributed by atoms with Gasteiger partial charge in [0.05, 0.1) is 0 Å². The van der Waals surface area contributed by atoms with Crippen molar-refractivity contribution in [1.82, 2.24) is 5.32 Å². The zero-order valence-corrected chi connectivity index (χ0v) is 7.86. The van der Waals surface area contributed by atoms with Crippen LogP contribution in [-0.4, -0.2) is 30.0 Å². The van der Waals surface area contributed by atoms with Crippen molar-refractivity contribution in [2.45, 2.75) is 19.4 Å². The smallest absolute Gasteiger partial charge is 0.161 e. The SMILES string of the molecule is CCO[SiH2]CCCNC. The first-order valence-corrected chi connectivity index (χ1v) is 5.22. The number of nitrogens with one attached hydrogen (secondary N) is 1. The van der Waals surface area contributed by atoms with Crippen LogP contribution < -0.4 is 5.32 Å². The lowest BCUT2D eigenvalue weighted by atomic mass is 10.5. The highest BCUT2D eigenvalue weighted by Crippen LogP contribution is 1.86. The lowest BCUT2D eigenvalue weighted by Gasteiger charge is -1.98. The second-order valence-corrected chi connectivity index (χ2v) is 3.53. The molecule has 3 heteroatoms. The Balaban J connectivity index is 2.60. The minimum absolute atomic E-state index is 0.149. The Bertz CT molecular complexity index is 46.3. The molecule has 1 N–H and O–H groups in total. The molecule has 0 heterocycles. The fraction of sp³-hybridized carbons (Fsp3) is 1.00. The lowest BCUT2D eigenvalue weighted by Crippen LogP contribution is -2.09. The van der Waals surface area contributed by atoms with Crippen molar-refractivity contribution in [3.05, 3.63) is 0 Å². The van der Waals surface area contributed by atoms with E-state index in [2.05, 4.69) is 12.2 Å². The molecule has 0 radical (unpaired) electrons. The minimum Gasteiger partial charge on any atom is -0.424 e. The Labute approximate surface area is 59.9 Å². The van der Waals surface area contributed by atoms with E-state index in [4.69, 9.17) is 4.43 Å². The fourth-order valence-electron chi connectivity index (χ4n) is 0.650. The summed E-state index contributed by atoms with van der Waals surface area (Å²) in [4.78, 5) is 0. The van der Waals surface area contributed by atoms with Crippen molar-refractivity contribution in [2.24, 2.45) is 0 Å². The predicted octanol–water partition coefficient (Wildman–Crippen LogP) is 0.134. The van der Waals surface area contributed by atoms with Gasteiger partial charge in [0, 0.05) is 6.61 Å². The normalized spacial score (nSPS) is 11.3. The topological polar surface area (TPSA) is 21.3 Å². The van der Waals surface area contributed by atoms with Gasteiger partial charge in [-0.25, -0.2) is 0 Å². The van der Waals surface area contributed by atoms with Crippen molar-refractivity contribution >= 4 is 9.76 Å². The Morgan fingerprint density at radius 3 is 2.89 bits per heavy atom. The molecule has 0 saturated heterocycles. The molecule has 0 atom stereocenters. The summed E-state index contributed by atoms with van der Waals surface area (Å²) < 4.78 is 5.29. The van der Waals surface area contributed by atoms with Crippen LogP contribution in [0.15, 0.2) is 0 Å². The van der Waals surface area contributed by atoms with Gasteiger partial charge >= 0.3 is 0 Å². The monoisotopic (exact) mass is 147 g/mol. The van der Waals surface area contributed by atoms with Crippen LogP contribution in [0, 0.1) is 0 Å². The molecular weight excluding hydrogens is 130 g/mol. The summed E-state index contributed by atoms with van der Waals surface area (Å²) in [6.45, 7) is 4.11. The van der Waals surface area contributed by atoms with E-state index in [1.807, 2.05) is 7.05 Å². The molecule has 2 nitrogen and oxygen atoms in total. The van der Waals surface area contributed by atoms with Gasteiger partial charge in [-0.05, 0) is 33.0 Å². The van der Waals surface area contributed by atoms with Gasteiger partial charge in [-0.1, -0.05) is 0 Å². The van der Waals surface area contributed by atoms with E-state index in [0.717, 1.165) is 13.2 Å². The molecule has 0 aliphatic heterocycles. The van der Waals surface area contributed by atoms with Gasteiger partial charge in [0.1, 0.15) is 0 Å². The Kier molecular flexibility index (Phi) is 8.26. The highest BCUT2D eigenvalue weighted by molar-refractivity contribution is 6.26. The Hall–Kier alpha value is 0.137. The van der Waals surface area contributed by atoms with Gasteiger partial charge in [0.2, 0.25) is 0 Å². The maximum atomic E-state index is 5.29. The summed E-state index contributed by atoms with van der Waals surface area (Å²) >= 11 is 0. The van der Waals surface area contributed by atoms with Crippen LogP contribution in [0.25, 0.3) is 0 Å². The average molecular weight is 147 g/mol. The van der Waals surface area contributed by atoms with Crippen molar-refractivity contribution < 1.29 is 4.43 Å². The molecule has 0 aromatic heterocycles. The van der Waals surface area contributed by atoms with Gasteiger partial charge in [-0.2, -0.15) is 0 Å². The predicted molar refractivity (Wildman–Crippen MR) is 43.5 cm³/mol. The van der Waals surface area contributed by atoms with Crippen LogP contribution in [0.5, 0.6) is 0 Å². The molecule has 0 spiro atoms. The molecular formula is C6H17NOSi. The van der Waals surface area contributed by atoms with Crippen LogP contribution in [0.4, 0.5) is 0 Å². The molecule has 0 aliphatic rings. The van der Waals surface area contributed by atoms with Crippen LogP contribution in [-0.2, 0) is 4.43 Å². The van der Waals surface area contributed by atoms with E-state index in [1.165, 1.54) is 12.5 Å². The van der Waals surface area contributed by atoms with Crippen LogP contribution >= 0.6 is 0 Å². The van der Waals surface area contributed by atoms with Crippen molar-refractivity contribution in [3.8, 4) is 0 Å². The summed E-state index contributed by atoms with van der Waals surface area (Å²) in [7, 11) is 1.84. The number of rotatable bonds is 6. The van der Waals surface area contributed by atoms with Gasteiger partial charge in [0.15, 0.2) is 9.76 Å². The first-order chi connectivity index (χ1) is 4.41. The van der Waals surface area contributed by atoms with E-state index >= 15 is 0 Å². The van der Waals surface area contributed by atoms with E-state index in [0.29, 0.717) is 0 Å². The lowest BCUT2D eigenvalue weighted by molar-refractivity contribution is 0.359. The molecule has 0 rings (SSSR count). The highest BCUT2D eigenvalue weighted by Gasteiger charge is 1.86. The number of hydrogen-bond donors (Lipinski definition) is 1. The van der Waals surface area contributed by atoms with Gasteiger partial charge < -0.3 is 9.74 Å². The zero-order valence-electron chi connectivity index (χ0n) is 6.44. The summed E-state index contributed by atoms with van der Waals surface area (Å²) in [6.07, 6.45) is 1.28. The van der Waals surface area contributed by atoms with Gasteiger partial charge in [-0.15, -0.1) is 0 Å². The molecule has 0 aromatic carbocycles. The molecule has 0 aromatic rings. The maximum absolute atomic E-state index is 5.29. The van der Waals surface area contributed by atoms with Crippen LogP contribution in [0.2, 0.25) is 6.04 Å². The highest BCUT2D eigenvalue weighted by atomic mass is 28.2. The molecule has 0 unspecified atom stereocenters. The number of hydrogen-bond acceptors (Lipinski definition) is 2. The molecule has 9 heavy (non-hydrogen) atoms. The van der Waals surface area contributed by atoms with Crippen LogP contribution in [0.1, 0.15) is 13.3 Å². The third-order valence-corrected chi connectivity index (χ3v) is 2.66. The van der Waals surface area contributed by atoms with Crippen molar-refractivity contribution in [3.63, 3.8) is 0 Å². The molecule has 0 amide bonds. The maximum Gasteiger partial charge on any atom is 0.161 e. The molecule has 0 saturated carbocycles. The van der Waals surface area contributed by atoms with Gasteiger partial charge in [0.25, 0.3) is 0 Å². The molecule has 0 fully saturated rings. The third-order valence-electron chi connectivity index (χ3n) is 1.17. The first-order valence-electron chi connectivity index (χ1n) is 3.64. The Morgan fingerprint density at radius 2 is 2.33 bits per heavy atom. The summed E-state index contributed by atoms with van der Waals surface area (Å²) in [5.74, 6) is 0. The first kappa shape index (κ1) is 9.14. The Morgan fingerprint density at radius 1 is 1.56 bits per heavy atom. The quantitative estimate of drug-likeness (QED) is 0.426. The van der Waals surface area contributed by atoms with E-state index in [9.17, 15) is 0 Å². The van der Waals surface area contributed by atoms with Crippen LogP contribution in [0.3, 0.4) is 0 Å². The molecule has 56 valence electrons. The zero-order chi connectivity index (χ0) is 6.95. The fourth-order valence-corrected chi connectivity index (χ4v) is 1.60.